The smallest absolute Gasteiger partial charge is 0.0935 e. The van der Waals surface area contributed by atoms with E-state index in [1.54, 1.807) is 0 Å². The zero-order valence-corrected chi connectivity index (χ0v) is 6.44. The van der Waals surface area contributed by atoms with Gasteiger partial charge in [0.2, 0.25) is 0 Å². The van der Waals surface area contributed by atoms with Gasteiger partial charge in [0.15, 0.2) is 0 Å². The Kier molecular flexibility index (Phi) is 3.82. The second kappa shape index (κ2) is 3.85. The van der Waals surface area contributed by atoms with Crippen LogP contribution < -0.4 is 5.32 Å². The molecule has 0 atom stereocenters. The van der Waals surface area contributed by atoms with Crippen LogP contribution in [0.5, 0.6) is 0 Å². The first-order chi connectivity index (χ1) is 4.12. The summed E-state index contributed by atoms with van der Waals surface area (Å²) in [5.74, 6) is 0. The normalized spacial score (nSPS) is 12.0. The predicted molar refractivity (Wildman–Crippen MR) is 38.6 cm³/mol. The van der Waals surface area contributed by atoms with E-state index in [2.05, 4.69) is 26.1 Å². The lowest BCUT2D eigenvalue weighted by molar-refractivity contribution is 0.325. The first kappa shape index (κ1) is 8.92. The molecule has 0 bridgehead atoms. The van der Waals surface area contributed by atoms with E-state index in [4.69, 9.17) is 5.11 Å². The Morgan fingerprint density at radius 1 is 1.56 bits per heavy atom. The molecule has 2 nitrogen and oxygen atoms in total. The van der Waals surface area contributed by atoms with Crippen LogP contribution in [0.4, 0.5) is 0 Å². The predicted octanol–water partition coefficient (Wildman–Crippen LogP) is 1.30. The van der Waals surface area contributed by atoms with Gasteiger partial charge < -0.3 is 10.4 Å². The van der Waals surface area contributed by atoms with Crippen LogP contribution in [0.3, 0.4) is 0 Å². The summed E-state index contributed by atoms with van der Waals surface area (Å²) >= 11 is 0. The highest BCUT2D eigenvalue weighted by Crippen LogP contribution is 2.05. The van der Waals surface area contributed by atoms with E-state index in [9.17, 15) is 0 Å². The molecule has 0 fully saturated rings. The summed E-state index contributed by atoms with van der Waals surface area (Å²) < 4.78 is 0. The molecule has 0 spiro atoms. The summed E-state index contributed by atoms with van der Waals surface area (Å²) in [5.41, 5.74) is 0.152. The summed E-state index contributed by atoms with van der Waals surface area (Å²) in [6.45, 7) is 8.04. The molecule has 55 valence electrons. The monoisotopic (exact) mass is 130 g/mol. The van der Waals surface area contributed by atoms with E-state index < -0.39 is 0 Å². The van der Waals surface area contributed by atoms with Gasteiger partial charge in [0.05, 0.1) is 6.61 Å². The Morgan fingerprint density at radius 2 is 2.11 bits per heavy atom. The SMILES string of the molecule is CCC(C)(C)NC[CH]O. The van der Waals surface area contributed by atoms with Crippen LogP contribution in [-0.4, -0.2) is 17.2 Å². The molecule has 0 unspecified atom stereocenters. The summed E-state index contributed by atoms with van der Waals surface area (Å²) in [7, 11) is 0. The van der Waals surface area contributed by atoms with Gasteiger partial charge in [0.25, 0.3) is 0 Å². The zero-order chi connectivity index (χ0) is 7.33. The van der Waals surface area contributed by atoms with Gasteiger partial charge in [-0.25, -0.2) is 0 Å². The lowest BCUT2D eigenvalue weighted by atomic mass is 10.0. The fourth-order valence-corrected chi connectivity index (χ4v) is 0.447. The second-order valence-corrected chi connectivity index (χ2v) is 2.80. The molecule has 0 aliphatic carbocycles. The Morgan fingerprint density at radius 3 is 2.44 bits per heavy atom. The molecule has 1 radical (unpaired) electrons. The van der Waals surface area contributed by atoms with Crippen molar-refractivity contribution >= 4 is 0 Å². The zero-order valence-electron chi connectivity index (χ0n) is 6.44. The minimum absolute atomic E-state index is 0.152. The van der Waals surface area contributed by atoms with E-state index in [-0.39, 0.29) is 5.54 Å². The van der Waals surface area contributed by atoms with Crippen molar-refractivity contribution < 1.29 is 5.11 Å². The number of nitrogens with one attached hydrogen (secondary N) is 1. The summed E-state index contributed by atoms with van der Waals surface area (Å²) in [6.07, 6.45) is 1.07. The molecule has 0 saturated carbocycles. The summed E-state index contributed by atoms with van der Waals surface area (Å²) in [6, 6.07) is 0. The van der Waals surface area contributed by atoms with Crippen LogP contribution in [0.1, 0.15) is 27.2 Å². The van der Waals surface area contributed by atoms with Crippen molar-refractivity contribution in [2.45, 2.75) is 32.7 Å². The van der Waals surface area contributed by atoms with Gasteiger partial charge in [-0.15, -0.1) is 0 Å². The van der Waals surface area contributed by atoms with Gasteiger partial charge in [0, 0.05) is 12.1 Å². The van der Waals surface area contributed by atoms with Crippen LogP contribution in [0.2, 0.25) is 0 Å². The van der Waals surface area contributed by atoms with Crippen LogP contribution in [0.15, 0.2) is 0 Å². The average molecular weight is 130 g/mol. The molecule has 2 heteroatoms. The van der Waals surface area contributed by atoms with Crippen molar-refractivity contribution in [2.75, 3.05) is 6.54 Å². The van der Waals surface area contributed by atoms with E-state index in [1.807, 2.05) is 0 Å². The lowest BCUT2D eigenvalue weighted by Gasteiger charge is -2.23. The molecule has 0 amide bonds. The molecule has 0 aliphatic heterocycles. The van der Waals surface area contributed by atoms with Crippen molar-refractivity contribution in [1.82, 2.24) is 5.32 Å². The van der Waals surface area contributed by atoms with Gasteiger partial charge in [-0.3, -0.25) is 0 Å². The average Bonchev–Trinajstić information content (AvgIpc) is 1.84. The van der Waals surface area contributed by atoms with Crippen LogP contribution in [-0.2, 0) is 0 Å². The maximum absolute atomic E-state index is 8.34. The minimum atomic E-state index is 0.152. The molecule has 0 rings (SSSR count). The second-order valence-electron chi connectivity index (χ2n) is 2.80. The van der Waals surface area contributed by atoms with E-state index in [1.165, 1.54) is 0 Å². The highest BCUT2D eigenvalue weighted by molar-refractivity contribution is 4.75. The largest absolute Gasteiger partial charge is 0.389 e. The Bertz CT molecular complexity index is 71.3. The van der Waals surface area contributed by atoms with Crippen LogP contribution in [0, 0.1) is 6.61 Å². The first-order valence-electron chi connectivity index (χ1n) is 3.33. The third kappa shape index (κ3) is 4.43. The third-order valence-electron chi connectivity index (χ3n) is 1.56. The van der Waals surface area contributed by atoms with Crippen LogP contribution >= 0.6 is 0 Å². The molecule has 0 aromatic rings. The number of hydrogen-bond donors (Lipinski definition) is 2. The van der Waals surface area contributed by atoms with Crippen LogP contribution in [0.25, 0.3) is 0 Å². The molecule has 9 heavy (non-hydrogen) atoms. The quantitative estimate of drug-likeness (QED) is 0.601. The lowest BCUT2D eigenvalue weighted by Crippen LogP contribution is -2.39. The first-order valence-corrected chi connectivity index (χ1v) is 3.33. The number of aliphatic hydroxyl groups excluding tert-OH is 1. The van der Waals surface area contributed by atoms with Gasteiger partial charge in [0.1, 0.15) is 0 Å². The molecule has 0 aliphatic rings. The van der Waals surface area contributed by atoms with Crippen molar-refractivity contribution in [1.29, 1.82) is 0 Å². The van der Waals surface area contributed by atoms with Crippen molar-refractivity contribution in [3.05, 3.63) is 6.61 Å². The minimum Gasteiger partial charge on any atom is -0.389 e. The number of aliphatic hydroxyl groups is 1. The fraction of sp³-hybridized carbons (Fsp3) is 0.857. The fourth-order valence-electron chi connectivity index (χ4n) is 0.447. The summed E-state index contributed by atoms with van der Waals surface area (Å²) in [4.78, 5) is 0. The maximum Gasteiger partial charge on any atom is 0.0935 e. The van der Waals surface area contributed by atoms with Gasteiger partial charge >= 0.3 is 0 Å². The topological polar surface area (TPSA) is 32.3 Å². The van der Waals surface area contributed by atoms with Gasteiger partial charge in [-0.05, 0) is 20.3 Å². The summed E-state index contributed by atoms with van der Waals surface area (Å²) in [5, 5.41) is 11.5. The molecule has 0 saturated heterocycles. The Balaban J connectivity index is 3.33. The molecule has 0 aromatic carbocycles. The molecule has 0 heterocycles. The van der Waals surface area contributed by atoms with E-state index >= 15 is 0 Å². The number of rotatable bonds is 4. The Hall–Kier alpha value is -0.0800. The molecular formula is C7H16NO. The third-order valence-corrected chi connectivity index (χ3v) is 1.56. The van der Waals surface area contributed by atoms with Crippen molar-refractivity contribution in [3.63, 3.8) is 0 Å². The molecule has 2 N–H and O–H groups in total. The van der Waals surface area contributed by atoms with Gasteiger partial charge in [-0.2, -0.15) is 0 Å². The number of hydrogen-bond acceptors (Lipinski definition) is 2. The van der Waals surface area contributed by atoms with Crippen molar-refractivity contribution in [2.24, 2.45) is 0 Å². The maximum atomic E-state index is 8.34. The molecular weight excluding hydrogens is 114 g/mol. The highest BCUT2D eigenvalue weighted by atomic mass is 16.3. The Labute approximate surface area is 57.3 Å². The van der Waals surface area contributed by atoms with E-state index in [0.29, 0.717) is 6.54 Å². The standard InChI is InChI=1S/C7H16NO/c1-4-7(2,3)8-5-6-9/h6,8-9H,4-5H2,1-3H3. The molecule has 0 aromatic heterocycles. The highest BCUT2D eigenvalue weighted by Gasteiger charge is 2.11. The van der Waals surface area contributed by atoms with Crippen molar-refractivity contribution in [3.8, 4) is 0 Å². The van der Waals surface area contributed by atoms with Gasteiger partial charge in [-0.1, -0.05) is 6.92 Å². The van der Waals surface area contributed by atoms with E-state index in [0.717, 1.165) is 13.0 Å².